The fraction of sp³-hybridized carbons (Fsp3) is 0.467. The van der Waals surface area contributed by atoms with Gasteiger partial charge in [-0.25, -0.2) is 0 Å². The summed E-state index contributed by atoms with van der Waals surface area (Å²) in [6.07, 6.45) is 2.46. The highest BCUT2D eigenvalue weighted by Crippen LogP contribution is 2.43. The van der Waals surface area contributed by atoms with Gasteiger partial charge in [-0.1, -0.05) is 18.2 Å². The fourth-order valence-corrected chi connectivity index (χ4v) is 2.84. The van der Waals surface area contributed by atoms with Crippen molar-refractivity contribution in [1.82, 2.24) is 0 Å². The summed E-state index contributed by atoms with van der Waals surface area (Å²) in [5.41, 5.74) is 2.43. The fourth-order valence-electron chi connectivity index (χ4n) is 2.84. The quantitative estimate of drug-likeness (QED) is 0.681. The van der Waals surface area contributed by atoms with E-state index in [0.29, 0.717) is 5.92 Å². The number of hydrogen-bond acceptors (Lipinski definition) is 2. The van der Waals surface area contributed by atoms with E-state index in [2.05, 4.69) is 39.0 Å². The van der Waals surface area contributed by atoms with Crippen molar-refractivity contribution >= 4 is 5.57 Å². The molecule has 2 heterocycles. The Morgan fingerprint density at radius 1 is 1.24 bits per heavy atom. The molecule has 0 fully saturated rings. The van der Waals surface area contributed by atoms with Crippen LogP contribution in [0.4, 0.5) is 0 Å². The zero-order chi connectivity index (χ0) is 12.0. The SMILES string of the molecule is C[C@H]1OC(C)(C)C=C2c3ccccc3OC[C@@H]21. The highest BCUT2D eigenvalue weighted by Gasteiger charge is 2.37. The molecule has 0 saturated heterocycles. The van der Waals surface area contributed by atoms with Gasteiger partial charge >= 0.3 is 0 Å². The third-order valence-corrected chi connectivity index (χ3v) is 3.58. The minimum atomic E-state index is -0.185. The first-order valence-electron chi connectivity index (χ1n) is 6.19. The Kier molecular flexibility index (Phi) is 2.30. The average Bonchev–Trinajstić information content (AvgIpc) is 2.27. The molecule has 1 aromatic rings. The summed E-state index contributed by atoms with van der Waals surface area (Å²) in [6, 6.07) is 8.27. The Hall–Kier alpha value is -1.28. The standard InChI is InChI=1S/C15H18O2/c1-10-13-9-16-14-7-5-4-6-11(14)12(13)8-15(2,3)17-10/h4-8,10,13H,9H2,1-3H3/t10-,13-/m1/s1. The molecule has 0 bridgehead atoms. The Morgan fingerprint density at radius 3 is 2.82 bits per heavy atom. The molecule has 0 amide bonds. The first kappa shape index (κ1) is 10.8. The minimum absolute atomic E-state index is 0.185. The summed E-state index contributed by atoms with van der Waals surface area (Å²) in [5, 5.41) is 0. The summed E-state index contributed by atoms with van der Waals surface area (Å²) in [5.74, 6) is 1.36. The molecular formula is C15H18O2. The van der Waals surface area contributed by atoms with E-state index in [-0.39, 0.29) is 11.7 Å². The van der Waals surface area contributed by atoms with Gasteiger partial charge in [-0.2, -0.15) is 0 Å². The molecule has 0 aliphatic carbocycles. The van der Waals surface area contributed by atoms with Crippen LogP contribution >= 0.6 is 0 Å². The van der Waals surface area contributed by atoms with E-state index in [1.807, 2.05) is 12.1 Å². The predicted molar refractivity (Wildman–Crippen MR) is 68.0 cm³/mol. The number of para-hydroxylation sites is 1. The van der Waals surface area contributed by atoms with Crippen LogP contribution in [0.5, 0.6) is 5.75 Å². The van der Waals surface area contributed by atoms with Crippen LogP contribution in [0, 0.1) is 5.92 Å². The molecule has 2 nitrogen and oxygen atoms in total. The molecular weight excluding hydrogens is 212 g/mol. The van der Waals surface area contributed by atoms with Crippen LogP contribution in [-0.2, 0) is 4.74 Å². The summed E-state index contributed by atoms with van der Waals surface area (Å²) in [7, 11) is 0. The Labute approximate surface area is 102 Å². The van der Waals surface area contributed by atoms with Gasteiger partial charge in [0.25, 0.3) is 0 Å². The van der Waals surface area contributed by atoms with Crippen molar-refractivity contribution in [3.63, 3.8) is 0 Å². The van der Waals surface area contributed by atoms with Crippen LogP contribution in [0.1, 0.15) is 26.3 Å². The summed E-state index contributed by atoms with van der Waals surface area (Å²) < 4.78 is 11.8. The van der Waals surface area contributed by atoms with E-state index < -0.39 is 0 Å². The van der Waals surface area contributed by atoms with E-state index in [9.17, 15) is 0 Å². The van der Waals surface area contributed by atoms with Crippen LogP contribution in [0.3, 0.4) is 0 Å². The van der Waals surface area contributed by atoms with Crippen LogP contribution < -0.4 is 4.74 Å². The maximum Gasteiger partial charge on any atom is 0.126 e. The van der Waals surface area contributed by atoms with E-state index in [4.69, 9.17) is 9.47 Å². The van der Waals surface area contributed by atoms with Crippen molar-refractivity contribution in [3.05, 3.63) is 35.9 Å². The van der Waals surface area contributed by atoms with E-state index in [1.165, 1.54) is 11.1 Å². The van der Waals surface area contributed by atoms with Crippen LogP contribution in [-0.4, -0.2) is 18.3 Å². The van der Waals surface area contributed by atoms with E-state index in [0.717, 1.165) is 12.4 Å². The smallest absolute Gasteiger partial charge is 0.126 e. The number of fused-ring (bicyclic) bond motifs is 3. The summed E-state index contributed by atoms with van der Waals surface area (Å²) >= 11 is 0. The van der Waals surface area contributed by atoms with Gasteiger partial charge in [0.2, 0.25) is 0 Å². The van der Waals surface area contributed by atoms with Crippen molar-refractivity contribution in [2.24, 2.45) is 5.92 Å². The minimum Gasteiger partial charge on any atom is -0.492 e. The number of hydrogen-bond donors (Lipinski definition) is 0. The van der Waals surface area contributed by atoms with Gasteiger partial charge in [0.1, 0.15) is 5.75 Å². The molecule has 17 heavy (non-hydrogen) atoms. The number of rotatable bonds is 0. The molecule has 0 aromatic heterocycles. The summed E-state index contributed by atoms with van der Waals surface area (Å²) in [6.45, 7) is 7.09. The lowest BCUT2D eigenvalue weighted by Crippen LogP contribution is -2.41. The first-order chi connectivity index (χ1) is 8.07. The average molecular weight is 230 g/mol. The molecule has 0 spiro atoms. The van der Waals surface area contributed by atoms with Crippen LogP contribution in [0.15, 0.2) is 30.3 Å². The first-order valence-corrected chi connectivity index (χ1v) is 6.19. The lowest BCUT2D eigenvalue weighted by Gasteiger charge is -2.41. The zero-order valence-electron chi connectivity index (χ0n) is 10.6. The molecule has 0 saturated carbocycles. The van der Waals surface area contributed by atoms with Crippen LogP contribution in [0.25, 0.3) is 5.57 Å². The number of ether oxygens (including phenoxy) is 2. The highest BCUT2D eigenvalue weighted by atomic mass is 16.5. The molecule has 0 unspecified atom stereocenters. The molecule has 3 rings (SSSR count). The Morgan fingerprint density at radius 2 is 2.00 bits per heavy atom. The molecule has 2 aliphatic heterocycles. The normalized spacial score (nSPS) is 29.7. The maximum absolute atomic E-state index is 6.00. The van der Waals surface area contributed by atoms with Gasteiger partial charge in [-0.05, 0) is 38.5 Å². The Balaban J connectivity index is 2.13. The lowest BCUT2D eigenvalue weighted by molar-refractivity contribution is -0.0657. The summed E-state index contributed by atoms with van der Waals surface area (Å²) in [4.78, 5) is 0. The van der Waals surface area contributed by atoms with Gasteiger partial charge in [-0.3, -0.25) is 0 Å². The van der Waals surface area contributed by atoms with Crippen molar-refractivity contribution in [1.29, 1.82) is 0 Å². The monoisotopic (exact) mass is 230 g/mol. The molecule has 1 aromatic carbocycles. The maximum atomic E-state index is 6.00. The molecule has 2 heteroatoms. The number of benzene rings is 1. The second kappa shape index (κ2) is 3.61. The third kappa shape index (κ3) is 1.77. The van der Waals surface area contributed by atoms with Crippen LogP contribution in [0.2, 0.25) is 0 Å². The van der Waals surface area contributed by atoms with Crippen molar-refractivity contribution in [2.75, 3.05) is 6.61 Å². The molecule has 2 aliphatic rings. The van der Waals surface area contributed by atoms with Crippen molar-refractivity contribution < 1.29 is 9.47 Å². The molecule has 0 N–H and O–H groups in total. The predicted octanol–water partition coefficient (Wildman–Crippen LogP) is 3.28. The third-order valence-electron chi connectivity index (χ3n) is 3.58. The lowest BCUT2D eigenvalue weighted by atomic mass is 9.81. The molecule has 0 radical (unpaired) electrons. The highest BCUT2D eigenvalue weighted by molar-refractivity contribution is 5.75. The van der Waals surface area contributed by atoms with Gasteiger partial charge in [0.05, 0.1) is 18.3 Å². The Bertz CT molecular complexity index is 474. The van der Waals surface area contributed by atoms with Gasteiger partial charge in [0, 0.05) is 11.5 Å². The molecule has 2 atom stereocenters. The largest absolute Gasteiger partial charge is 0.492 e. The second-order valence-corrected chi connectivity index (χ2v) is 5.44. The van der Waals surface area contributed by atoms with Gasteiger partial charge in [-0.15, -0.1) is 0 Å². The van der Waals surface area contributed by atoms with E-state index in [1.54, 1.807) is 0 Å². The van der Waals surface area contributed by atoms with Gasteiger partial charge in [0.15, 0.2) is 0 Å². The van der Waals surface area contributed by atoms with Crippen molar-refractivity contribution in [3.8, 4) is 5.75 Å². The van der Waals surface area contributed by atoms with E-state index >= 15 is 0 Å². The second-order valence-electron chi connectivity index (χ2n) is 5.44. The topological polar surface area (TPSA) is 18.5 Å². The molecule has 90 valence electrons. The zero-order valence-corrected chi connectivity index (χ0v) is 10.6. The van der Waals surface area contributed by atoms with Crippen molar-refractivity contribution in [2.45, 2.75) is 32.5 Å². The van der Waals surface area contributed by atoms with Gasteiger partial charge < -0.3 is 9.47 Å².